The maximum atomic E-state index is 12.7. The molecule has 6 heteroatoms. The zero-order chi connectivity index (χ0) is 21.0. The van der Waals surface area contributed by atoms with Gasteiger partial charge in [0.2, 0.25) is 0 Å². The Balaban J connectivity index is 1.64. The maximum absolute atomic E-state index is 12.7. The van der Waals surface area contributed by atoms with E-state index in [1.54, 1.807) is 24.3 Å². The van der Waals surface area contributed by atoms with Gasteiger partial charge >= 0.3 is 12.0 Å². The van der Waals surface area contributed by atoms with E-state index in [9.17, 15) is 9.59 Å². The average Bonchev–Trinajstić information content (AvgIpc) is 2.73. The molecule has 3 rings (SSSR count). The number of rotatable bonds is 4. The second-order valence-electron chi connectivity index (χ2n) is 7.64. The first kappa shape index (κ1) is 20.7. The molecule has 2 aromatic rings. The van der Waals surface area contributed by atoms with Gasteiger partial charge in [0.1, 0.15) is 0 Å². The summed E-state index contributed by atoms with van der Waals surface area (Å²) >= 11 is 0. The Morgan fingerprint density at radius 1 is 1.03 bits per heavy atom. The Morgan fingerprint density at radius 2 is 1.72 bits per heavy atom. The van der Waals surface area contributed by atoms with E-state index < -0.39 is 5.97 Å². The largest absolute Gasteiger partial charge is 0.465 e. The monoisotopic (exact) mass is 395 g/mol. The number of methoxy groups -OCH3 is 1. The third-order valence-electron chi connectivity index (χ3n) is 5.31. The molecule has 1 saturated heterocycles. The van der Waals surface area contributed by atoms with Crippen LogP contribution in [-0.4, -0.2) is 50.2 Å². The topological polar surface area (TPSA) is 61.9 Å². The summed E-state index contributed by atoms with van der Waals surface area (Å²) in [5, 5.41) is 2.89. The van der Waals surface area contributed by atoms with Gasteiger partial charge in [-0.3, -0.25) is 0 Å². The summed E-state index contributed by atoms with van der Waals surface area (Å²) in [5.74, 6) is 0.0298. The highest BCUT2D eigenvalue weighted by Gasteiger charge is 2.24. The van der Waals surface area contributed by atoms with Crippen LogP contribution in [0.4, 0.5) is 16.2 Å². The Morgan fingerprint density at radius 3 is 2.38 bits per heavy atom. The second kappa shape index (κ2) is 8.99. The summed E-state index contributed by atoms with van der Waals surface area (Å²) in [6, 6.07) is 13.1. The molecule has 0 bridgehead atoms. The molecule has 0 atom stereocenters. The lowest BCUT2D eigenvalue weighted by Gasteiger charge is -2.38. The van der Waals surface area contributed by atoms with Gasteiger partial charge in [-0.2, -0.15) is 0 Å². The number of para-hydroxylation sites is 1. The van der Waals surface area contributed by atoms with Crippen LogP contribution in [0.3, 0.4) is 0 Å². The van der Waals surface area contributed by atoms with E-state index >= 15 is 0 Å². The molecule has 29 heavy (non-hydrogen) atoms. The summed E-state index contributed by atoms with van der Waals surface area (Å²) < 4.78 is 4.73. The lowest BCUT2D eigenvalue weighted by molar-refractivity contribution is 0.0600. The Kier molecular flexibility index (Phi) is 6.42. The van der Waals surface area contributed by atoms with Crippen LogP contribution in [0.1, 0.15) is 41.3 Å². The van der Waals surface area contributed by atoms with Crippen molar-refractivity contribution in [2.75, 3.05) is 43.5 Å². The summed E-state index contributed by atoms with van der Waals surface area (Å²) in [4.78, 5) is 28.6. The van der Waals surface area contributed by atoms with Crippen molar-refractivity contribution in [1.29, 1.82) is 0 Å². The van der Waals surface area contributed by atoms with Gasteiger partial charge in [0.05, 0.1) is 12.7 Å². The molecule has 0 radical (unpaired) electrons. The number of benzene rings is 2. The fraction of sp³-hybridized carbons (Fsp3) is 0.391. The molecule has 1 heterocycles. The Labute approximate surface area is 172 Å². The van der Waals surface area contributed by atoms with Gasteiger partial charge in [-0.15, -0.1) is 0 Å². The number of carbonyl (C=O) groups excluding carboxylic acids is 2. The van der Waals surface area contributed by atoms with E-state index in [2.05, 4.69) is 49.2 Å². The average molecular weight is 396 g/mol. The van der Waals surface area contributed by atoms with E-state index in [4.69, 9.17) is 4.74 Å². The van der Waals surface area contributed by atoms with Crippen LogP contribution in [0.25, 0.3) is 0 Å². The lowest BCUT2D eigenvalue weighted by Crippen LogP contribution is -2.50. The maximum Gasteiger partial charge on any atom is 0.337 e. The molecule has 0 saturated carbocycles. The first-order valence-corrected chi connectivity index (χ1v) is 9.99. The molecule has 1 N–H and O–H groups in total. The molecule has 6 nitrogen and oxygen atoms in total. The van der Waals surface area contributed by atoms with E-state index in [-0.39, 0.29) is 6.03 Å². The number of ether oxygens (including phenoxy) is 1. The minimum absolute atomic E-state index is 0.152. The molecule has 0 aromatic heterocycles. The van der Waals surface area contributed by atoms with Gasteiger partial charge < -0.3 is 19.9 Å². The predicted molar refractivity (Wildman–Crippen MR) is 116 cm³/mol. The van der Waals surface area contributed by atoms with Crippen molar-refractivity contribution < 1.29 is 14.3 Å². The van der Waals surface area contributed by atoms with Gasteiger partial charge in [0, 0.05) is 37.6 Å². The Bertz CT molecular complexity index is 887. The molecule has 0 spiro atoms. The molecule has 1 fully saturated rings. The number of piperazine rings is 1. The highest BCUT2D eigenvalue weighted by atomic mass is 16.5. The number of esters is 1. The lowest BCUT2D eigenvalue weighted by atomic mass is 9.97. The number of urea groups is 1. The first-order valence-electron chi connectivity index (χ1n) is 9.99. The van der Waals surface area contributed by atoms with Crippen LogP contribution in [0.5, 0.6) is 0 Å². The highest BCUT2D eigenvalue weighted by molar-refractivity contribution is 5.94. The smallest absolute Gasteiger partial charge is 0.337 e. The number of carbonyl (C=O) groups is 2. The fourth-order valence-corrected chi connectivity index (χ4v) is 3.76. The van der Waals surface area contributed by atoms with Crippen molar-refractivity contribution in [3.8, 4) is 0 Å². The minimum Gasteiger partial charge on any atom is -0.465 e. The molecule has 2 amide bonds. The van der Waals surface area contributed by atoms with Crippen LogP contribution in [-0.2, 0) is 4.74 Å². The first-order chi connectivity index (χ1) is 13.9. The van der Waals surface area contributed by atoms with Crippen LogP contribution < -0.4 is 10.2 Å². The minimum atomic E-state index is -0.422. The van der Waals surface area contributed by atoms with Gasteiger partial charge in [-0.25, -0.2) is 9.59 Å². The Hall–Kier alpha value is -3.02. The molecule has 2 aromatic carbocycles. The van der Waals surface area contributed by atoms with E-state index in [0.29, 0.717) is 30.3 Å². The molecule has 1 aliphatic heterocycles. The number of amides is 2. The predicted octanol–water partition coefficient (Wildman–Crippen LogP) is 4.26. The zero-order valence-corrected chi connectivity index (χ0v) is 17.6. The third-order valence-corrected chi connectivity index (χ3v) is 5.31. The molecule has 154 valence electrons. The van der Waals surface area contributed by atoms with Crippen LogP contribution >= 0.6 is 0 Å². The molecule has 1 aliphatic rings. The van der Waals surface area contributed by atoms with Crippen molar-refractivity contribution in [2.24, 2.45) is 0 Å². The van der Waals surface area contributed by atoms with Gasteiger partial charge in [-0.1, -0.05) is 38.1 Å². The molecule has 0 aliphatic carbocycles. The third kappa shape index (κ3) is 4.70. The van der Waals surface area contributed by atoms with Crippen LogP contribution in [0.15, 0.2) is 42.5 Å². The number of hydrogen-bond acceptors (Lipinski definition) is 4. The SMILES string of the molecule is COC(=O)c1cccc(NC(=O)N2CCN(c3c(C)cccc3C(C)C)CC2)c1. The normalized spacial score (nSPS) is 14.1. The number of nitrogens with one attached hydrogen (secondary N) is 1. The van der Waals surface area contributed by atoms with Gasteiger partial charge in [-0.05, 0) is 42.2 Å². The van der Waals surface area contributed by atoms with Crippen molar-refractivity contribution in [1.82, 2.24) is 4.90 Å². The van der Waals surface area contributed by atoms with Gasteiger partial charge in [0.15, 0.2) is 0 Å². The van der Waals surface area contributed by atoms with Gasteiger partial charge in [0.25, 0.3) is 0 Å². The van der Waals surface area contributed by atoms with E-state index in [0.717, 1.165) is 13.1 Å². The van der Waals surface area contributed by atoms with Crippen molar-refractivity contribution in [3.05, 3.63) is 59.2 Å². The van der Waals surface area contributed by atoms with Crippen molar-refractivity contribution in [2.45, 2.75) is 26.7 Å². The number of aryl methyl sites for hydroxylation is 1. The number of nitrogens with zero attached hydrogens (tertiary/aromatic N) is 2. The number of anilines is 2. The summed E-state index contributed by atoms with van der Waals surface area (Å²) in [7, 11) is 1.34. The molecule has 0 unspecified atom stereocenters. The summed E-state index contributed by atoms with van der Waals surface area (Å²) in [6.07, 6.45) is 0. The quantitative estimate of drug-likeness (QED) is 0.786. The molecular formula is C23H29N3O3. The van der Waals surface area contributed by atoms with Crippen molar-refractivity contribution >= 4 is 23.4 Å². The summed E-state index contributed by atoms with van der Waals surface area (Å²) in [6.45, 7) is 9.45. The number of hydrogen-bond donors (Lipinski definition) is 1. The highest BCUT2D eigenvalue weighted by Crippen LogP contribution is 2.31. The standard InChI is InChI=1S/C23H29N3O3/c1-16(2)20-10-5-7-17(3)21(20)25-11-13-26(14-12-25)23(28)24-19-9-6-8-18(15-19)22(27)29-4/h5-10,15-16H,11-14H2,1-4H3,(H,24,28). The fourth-order valence-electron chi connectivity index (χ4n) is 3.76. The van der Waals surface area contributed by atoms with E-state index in [1.165, 1.54) is 23.9 Å². The zero-order valence-electron chi connectivity index (χ0n) is 17.6. The summed E-state index contributed by atoms with van der Waals surface area (Å²) in [5.41, 5.74) is 4.92. The van der Waals surface area contributed by atoms with Crippen molar-refractivity contribution in [3.63, 3.8) is 0 Å². The van der Waals surface area contributed by atoms with Crippen LogP contribution in [0.2, 0.25) is 0 Å². The molecular weight excluding hydrogens is 366 g/mol. The van der Waals surface area contributed by atoms with Crippen LogP contribution in [0, 0.1) is 6.92 Å². The second-order valence-corrected chi connectivity index (χ2v) is 7.64. The van der Waals surface area contributed by atoms with E-state index in [1.807, 2.05) is 4.90 Å².